The van der Waals surface area contributed by atoms with Crippen LogP contribution in [0.25, 0.3) is 10.8 Å². The minimum atomic E-state index is -0.348. The standard InChI is InChI=1S/C25H23N3O3/c1-27-18-12-17-19(29)9-5-8-15-16-11-10-13-6-3-4-7-14(13)22(16)26-23(20(15)17)21(18)24(30)28(2)25(27)31/h3-8,10-11,15,17,20,23,26H,9,12H2,1-2H3/t15-,17-,20+,23+/m1/s1. The summed E-state index contributed by atoms with van der Waals surface area (Å²) in [6.45, 7) is 0. The van der Waals surface area contributed by atoms with E-state index in [1.807, 2.05) is 18.2 Å². The Hall–Kier alpha value is -3.41. The van der Waals surface area contributed by atoms with Crippen LogP contribution in [0.1, 0.15) is 35.2 Å². The first kappa shape index (κ1) is 18.4. The van der Waals surface area contributed by atoms with Crippen LogP contribution >= 0.6 is 0 Å². The van der Waals surface area contributed by atoms with Crippen LogP contribution in [-0.2, 0) is 25.3 Å². The number of carbonyl (C=O) groups excluding carboxylic acids is 1. The van der Waals surface area contributed by atoms with E-state index in [9.17, 15) is 14.4 Å². The van der Waals surface area contributed by atoms with Crippen molar-refractivity contribution < 1.29 is 4.79 Å². The molecular weight excluding hydrogens is 390 g/mol. The van der Waals surface area contributed by atoms with Crippen LogP contribution in [0.3, 0.4) is 0 Å². The molecule has 1 aromatic heterocycles. The summed E-state index contributed by atoms with van der Waals surface area (Å²) in [4.78, 5) is 39.0. The number of hydrogen-bond acceptors (Lipinski definition) is 4. The number of Topliss-reactive ketones (excluding diaryl/α,β-unsaturated/α-hetero) is 1. The summed E-state index contributed by atoms with van der Waals surface area (Å²) in [5.41, 5.74) is 2.88. The number of ketones is 1. The van der Waals surface area contributed by atoms with Gasteiger partial charge in [0.2, 0.25) is 0 Å². The number of nitrogens with one attached hydrogen (secondary N) is 1. The van der Waals surface area contributed by atoms with E-state index in [1.54, 1.807) is 11.6 Å². The minimum Gasteiger partial charge on any atom is -0.377 e. The van der Waals surface area contributed by atoms with Crippen LogP contribution in [0, 0.1) is 11.8 Å². The van der Waals surface area contributed by atoms with Crippen LogP contribution in [0.5, 0.6) is 0 Å². The highest BCUT2D eigenvalue weighted by Crippen LogP contribution is 2.54. The molecule has 0 saturated carbocycles. The van der Waals surface area contributed by atoms with Crippen molar-refractivity contribution in [3.63, 3.8) is 0 Å². The van der Waals surface area contributed by atoms with Gasteiger partial charge in [-0.3, -0.25) is 14.2 Å². The first-order valence-corrected chi connectivity index (χ1v) is 10.7. The molecule has 0 amide bonds. The van der Waals surface area contributed by atoms with E-state index in [0.717, 1.165) is 16.5 Å². The number of fused-ring (bicyclic) bond motifs is 6. The van der Waals surface area contributed by atoms with Gasteiger partial charge in [-0.05, 0) is 17.4 Å². The largest absolute Gasteiger partial charge is 0.377 e. The molecule has 6 nitrogen and oxygen atoms in total. The number of rotatable bonds is 0. The second kappa shape index (κ2) is 6.30. The van der Waals surface area contributed by atoms with Gasteiger partial charge in [0.05, 0.1) is 11.6 Å². The number of carbonyl (C=O) groups is 1. The smallest absolute Gasteiger partial charge is 0.330 e. The highest BCUT2D eigenvalue weighted by molar-refractivity contribution is 5.97. The molecule has 0 spiro atoms. The maximum Gasteiger partial charge on any atom is 0.330 e. The van der Waals surface area contributed by atoms with Gasteiger partial charge < -0.3 is 9.88 Å². The SMILES string of the molecule is Cn1c2c(c(=O)n(C)c1=O)[C@H]1Nc3c(ccc4ccccc34)[C@H]3C=CCC(=O)[C@@H](C2)[C@H]31. The second-order valence-electron chi connectivity index (χ2n) is 8.95. The van der Waals surface area contributed by atoms with E-state index in [0.29, 0.717) is 24.1 Å². The lowest BCUT2D eigenvalue weighted by atomic mass is 9.64. The summed E-state index contributed by atoms with van der Waals surface area (Å²) in [6, 6.07) is 12.2. The third kappa shape index (κ3) is 2.36. The summed E-state index contributed by atoms with van der Waals surface area (Å²) in [6.07, 6.45) is 4.96. The van der Waals surface area contributed by atoms with Gasteiger partial charge in [-0.2, -0.15) is 0 Å². The summed E-state index contributed by atoms with van der Waals surface area (Å²) < 4.78 is 2.73. The van der Waals surface area contributed by atoms with E-state index in [4.69, 9.17) is 0 Å². The maximum absolute atomic E-state index is 13.3. The van der Waals surface area contributed by atoms with E-state index < -0.39 is 0 Å². The summed E-state index contributed by atoms with van der Waals surface area (Å²) >= 11 is 0. The second-order valence-corrected chi connectivity index (χ2v) is 8.95. The lowest BCUT2D eigenvalue weighted by Crippen LogP contribution is -2.50. The number of hydrogen-bond donors (Lipinski definition) is 1. The number of anilines is 1. The molecule has 2 aromatic carbocycles. The molecule has 6 heteroatoms. The molecule has 0 radical (unpaired) electrons. The van der Waals surface area contributed by atoms with Gasteiger partial charge in [0, 0.05) is 55.0 Å². The molecule has 2 aliphatic carbocycles. The van der Waals surface area contributed by atoms with Crippen LogP contribution in [0.2, 0.25) is 0 Å². The van der Waals surface area contributed by atoms with Gasteiger partial charge >= 0.3 is 5.69 Å². The Balaban J connectivity index is 1.69. The molecular formula is C25H23N3O3. The molecule has 2 heterocycles. The first-order valence-electron chi connectivity index (χ1n) is 10.7. The Labute approximate surface area is 178 Å². The Morgan fingerprint density at radius 2 is 1.81 bits per heavy atom. The number of aromatic nitrogens is 2. The molecule has 0 fully saturated rings. The van der Waals surface area contributed by atoms with Gasteiger partial charge in [-0.15, -0.1) is 0 Å². The highest BCUT2D eigenvalue weighted by atomic mass is 16.2. The molecule has 1 N–H and O–H groups in total. The summed E-state index contributed by atoms with van der Waals surface area (Å²) in [5.74, 6) is -0.0732. The molecule has 3 aliphatic rings. The van der Waals surface area contributed by atoms with Gasteiger partial charge in [0.15, 0.2) is 0 Å². The Morgan fingerprint density at radius 1 is 1.00 bits per heavy atom. The topological polar surface area (TPSA) is 73.1 Å². The lowest BCUT2D eigenvalue weighted by Gasteiger charge is -2.46. The van der Waals surface area contributed by atoms with Gasteiger partial charge in [-0.25, -0.2) is 4.79 Å². The van der Waals surface area contributed by atoms with Crippen molar-refractivity contribution in [1.29, 1.82) is 0 Å². The molecule has 31 heavy (non-hydrogen) atoms. The van der Waals surface area contributed by atoms with E-state index in [-0.39, 0.29) is 40.8 Å². The quantitative estimate of drug-likeness (QED) is 0.575. The zero-order valence-corrected chi connectivity index (χ0v) is 17.5. The highest BCUT2D eigenvalue weighted by Gasteiger charge is 2.49. The minimum absolute atomic E-state index is 0.0393. The molecule has 0 unspecified atom stereocenters. The number of nitrogens with zero attached hydrogens (tertiary/aromatic N) is 2. The molecule has 156 valence electrons. The maximum atomic E-state index is 13.3. The molecule has 0 saturated heterocycles. The fourth-order valence-corrected chi connectivity index (χ4v) is 6.00. The molecule has 0 bridgehead atoms. The summed E-state index contributed by atoms with van der Waals surface area (Å²) in [5, 5.41) is 5.91. The van der Waals surface area contributed by atoms with Gasteiger partial charge in [-0.1, -0.05) is 48.6 Å². The van der Waals surface area contributed by atoms with Crippen LogP contribution in [0.15, 0.2) is 58.1 Å². The predicted molar refractivity (Wildman–Crippen MR) is 119 cm³/mol. The zero-order valence-electron chi connectivity index (χ0n) is 17.5. The van der Waals surface area contributed by atoms with E-state index in [2.05, 4.69) is 35.7 Å². The van der Waals surface area contributed by atoms with Crippen molar-refractivity contribution in [3.05, 3.63) is 86.2 Å². The normalized spacial score (nSPS) is 25.9. The fraction of sp³-hybridized carbons (Fsp3) is 0.320. The number of allylic oxidation sites excluding steroid dienone is 2. The molecule has 6 rings (SSSR count). The van der Waals surface area contributed by atoms with Crippen molar-refractivity contribution >= 4 is 22.2 Å². The third-order valence-corrected chi connectivity index (χ3v) is 7.51. The van der Waals surface area contributed by atoms with Gasteiger partial charge in [0.1, 0.15) is 5.78 Å². The zero-order chi connectivity index (χ0) is 21.4. The number of benzene rings is 2. The molecule has 4 atom stereocenters. The van der Waals surface area contributed by atoms with Crippen molar-refractivity contribution in [2.45, 2.75) is 24.8 Å². The van der Waals surface area contributed by atoms with Gasteiger partial charge in [0.25, 0.3) is 5.56 Å². The van der Waals surface area contributed by atoms with Crippen molar-refractivity contribution in [2.75, 3.05) is 5.32 Å². The van der Waals surface area contributed by atoms with Crippen LogP contribution in [0.4, 0.5) is 5.69 Å². The lowest BCUT2D eigenvalue weighted by molar-refractivity contribution is -0.124. The average molecular weight is 413 g/mol. The Kier molecular flexibility index (Phi) is 3.73. The first-order chi connectivity index (χ1) is 15.0. The Morgan fingerprint density at radius 3 is 2.65 bits per heavy atom. The predicted octanol–water partition coefficient (Wildman–Crippen LogP) is 2.81. The molecule has 3 aromatic rings. The average Bonchev–Trinajstić information content (AvgIpc) is 2.95. The van der Waals surface area contributed by atoms with Crippen molar-refractivity contribution in [3.8, 4) is 0 Å². The molecule has 1 aliphatic heterocycles. The van der Waals surface area contributed by atoms with Crippen molar-refractivity contribution in [2.24, 2.45) is 25.9 Å². The third-order valence-electron chi connectivity index (χ3n) is 7.51. The summed E-state index contributed by atoms with van der Waals surface area (Å²) in [7, 11) is 3.23. The Bertz CT molecular complexity index is 1430. The monoisotopic (exact) mass is 413 g/mol. The van der Waals surface area contributed by atoms with E-state index >= 15 is 0 Å². The van der Waals surface area contributed by atoms with Crippen LogP contribution < -0.4 is 16.6 Å². The fourth-order valence-electron chi connectivity index (χ4n) is 6.00. The van der Waals surface area contributed by atoms with Crippen molar-refractivity contribution in [1.82, 2.24) is 9.13 Å². The van der Waals surface area contributed by atoms with E-state index in [1.165, 1.54) is 17.2 Å². The van der Waals surface area contributed by atoms with Crippen LogP contribution in [-0.4, -0.2) is 14.9 Å².